The number of benzene rings is 2. The van der Waals surface area contributed by atoms with Crippen molar-refractivity contribution in [1.29, 1.82) is 0 Å². The molecule has 5 rings (SSSR count). The maximum absolute atomic E-state index is 13.7. The van der Waals surface area contributed by atoms with Crippen molar-refractivity contribution in [2.45, 2.75) is 19.9 Å². The molecule has 9 nitrogen and oxygen atoms in total. The van der Waals surface area contributed by atoms with Crippen molar-refractivity contribution < 1.29 is 23.3 Å². The second-order valence-electron chi connectivity index (χ2n) is 8.48. The molecular formula is C27H19BrFN3O6S. The Morgan fingerprint density at radius 3 is 2.67 bits per heavy atom. The lowest BCUT2D eigenvalue weighted by Gasteiger charge is -2.24. The van der Waals surface area contributed by atoms with Gasteiger partial charge in [0.15, 0.2) is 4.80 Å². The number of fused-ring (bicyclic) bond motifs is 1. The van der Waals surface area contributed by atoms with E-state index in [-0.39, 0.29) is 17.9 Å². The van der Waals surface area contributed by atoms with Crippen LogP contribution in [0.2, 0.25) is 0 Å². The maximum atomic E-state index is 13.7. The number of aromatic nitrogens is 1. The van der Waals surface area contributed by atoms with Gasteiger partial charge >= 0.3 is 5.97 Å². The third kappa shape index (κ3) is 5.00. The van der Waals surface area contributed by atoms with Gasteiger partial charge in [0.2, 0.25) is 0 Å². The van der Waals surface area contributed by atoms with Gasteiger partial charge in [0.05, 0.1) is 33.4 Å². The molecule has 4 aromatic rings. The van der Waals surface area contributed by atoms with Gasteiger partial charge in [-0.3, -0.25) is 19.5 Å². The Kier molecular flexibility index (Phi) is 7.15. The SMILES string of the molecule is CCOC(=O)C1=C(C)N=c2s/c(=C\c3ccc(-c4ccc([N+](=O)[O-])cc4Br)o3)c(=O)n2C1c1ccc(F)cc1. The van der Waals surface area contributed by atoms with E-state index in [2.05, 4.69) is 20.9 Å². The van der Waals surface area contributed by atoms with Crippen LogP contribution in [0.5, 0.6) is 0 Å². The number of carbonyl (C=O) groups is 1. The van der Waals surface area contributed by atoms with Gasteiger partial charge in [-0.05, 0) is 65.7 Å². The molecule has 1 atom stereocenters. The van der Waals surface area contributed by atoms with Crippen LogP contribution in [-0.2, 0) is 9.53 Å². The predicted octanol–water partition coefficient (Wildman–Crippen LogP) is 4.87. The molecule has 1 aliphatic heterocycles. The second kappa shape index (κ2) is 10.5. The van der Waals surface area contributed by atoms with Gasteiger partial charge in [0.1, 0.15) is 17.3 Å². The molecule has 0 saturated carbocycles. The fraction of sp³-hybridized carbons (Fsp3) is 0.148. The first-order valence-corrected chi connectivity index (χ1v) is 13.3. The molecule has 0 amide bonds. The number of furan rings is 1. The Morgan fingerprint density at radius 1 is 1.26 bits per heavy atom. The minimum absolute atomic E-state index is 0.0632. The fourth-order valence-corrected chi connectivity index (χ4v) is 5.86. The number of rotatable bonds is 6. The van der Waals surface area contributed by atoms with Gasteiger partial charge in [-0.15, -0.1) is 0 Å². The van der Waals surface area contributed by atoms with E-state index in [0.29, 0.717) is 42.2 Å². The van der Waals surface area contributed by atoms with E-state index < -0.39 is 28.3 Å². The Hall–Kier alpha value is -4.16. The average molecular weight is 612 g/mol. The largest absolute Gasteiger partial charge is 0.463 e. The van der Waals surface area contributed by atoms with Crippen molar-refractivity contribution in [1.82, 2.24) is 4.57 Å². The molecule has 0 fully saturated rings. The quantitative estimate of drug-likeness (QED) is 0.174. The number of hydrogen-bond acceptors (Lipinski definition) is 8. The summed E-state index contributed by atoms with van der Waals surface area (Å²) in [5.74, 6) is -0.231. The van der Waals surface area contributed by atoms with Crippen LogP contribution in [0.4, 0.5) is 10.1 Å². The number of non-ortho nitro benzene ring substituents is 1. The second-order valence-corrected chi connectivity index (χ2v) is 10.3. The van der Waals surface area contributed by atoms with Gasteiger partial charge in [-0.1, -0.05) is 23.5 Å². The summed E-state index contributed by atoms with van der Waals surface area (Å²) in [6, 6.07) is 12.4. The van der Waals surface area contributed by atoms with Crippen LogP contribution in [0.25, 0.3) is 17.4 Å². The summed E-state index contributed by atoms with van der Waals surface area (Å²) in [5.41, 5.74) is 1.27. The standard InChI is InChI=1S/C27H19BrFN3O6S/c1-3-37-26(34)23-14(2)30-27-31(24(23)15-4-6-16(29)7-5-15)25(33)22(39-27)13-18-9-11-21(38-18)19-10-8-17(32(35)36)12-20(19)28/h4-13,24H,3H2,1-2H3/b22-13-. The summed E-state index contributed by atoms with van der Waals surface area (Å²) in [5, 5.41) is 11.0. The third-order valence-corrected chi connectivity index (χ3v) is 7.67. The van der Waals surface area contributed by atoms with Crippen LogP contribution < -0.4 is 14.9 Å². The van der Waals surface area contributed by atoms with E-state index in [4.69, 9.17) is 9.15 Å². The van der Waals surface area contributed by atoms with Crippen molar-refractivity contribution in [2.24, 2.45) is 4.99 Å². The highest BCUT2D eigenvalue weighted by atomic mass is 79.9. The van der Waals surface area contributed by atoms with Gasteiger partial charge in [-0.25, -0.2) is 14.2 Å². The zero-order chi connectivity index (χ0) is 27.8. The average Bonchev–Trinajstić information content (AvgIpc) is 3.48. The number of halogens is 2. The normalized spacial score (nSPS) is 15.2. The van der Waals surface area contributed by atoms with E-state index in [1.54, 1.807) is 38.1 Å². The maximum Gasteiger partial charge on any atom is 0.338 e. The van der Waals surface area contributed by atoms with Gasteiger partial charge < -0.3 is 9.15 Å². The van der Waals surface area contributed by atoms with E-state index in [1.807, 2.05) is 0 Å². The summed E-state index contributed by atoms with van der Waals surface area (Å²) in [6.07, 6.45) is 1.57. The third-order valence-electron chi connectivity index (χ3n) is 6.03. The molecule has 0 aliphatic carbocycles. The van der Waals surface area contributed by atoms with Gasteiger partial charge in [0.25, 0.3) is 11.2 Å². The lowest BCUT2D eigenvalue weighted by molar-refractivity contribution is -0.384. The first kappa shape index (κ1) is 26.4. The first-order valence-electron chi connectivity index (χ1n) is 11.7. The van der Waals surface area contributed by atoms with E-state index in [9.17, 15) is 24.1 Å². The Bertz CT molecular complexity index is 1840. The number of carbonyl (C=O) groups excluding carboxylic acids is 1. The monoisotopic (exact) mass is 611 g/mol. The molecule has 3 heterocycles. The van der Waals surface area contributed by atoms with Crippen LogP contribution in [0.3, 0.4) is 0 Å². The molecule has 0 N–H and O–H groups in total. The van der Waals surface area contributed by atoms with Gasteiger partial charge in [0, 0.05) is 28.2 Å². The minimum Gasteiger partial charge on any atom is -0.463 e. The van der Waals surface area contributed by atoms with Crippen LogP contribution in [0.1, 0.15) is 31.2 Å². The minimum atomic E-state index is -0.855. The lowest BCUT2D eigenvalue weighted by Crippen LogP contribution is -2.39. The molecule has 2 aromatic carbocycles. The number of nitro benzene ring substituents is 1. The van der Waals surface area contributed by atoms with E-state index in [0.717, 1.165) is 11.3 Å². The molecule has 0 bridgehead atoms. The van der Waals surface area contributed by atoms with Crippen LogP contribution in [0, 0.1) is 15.9 Å². The Morgan fingerprint density at radius 2 is 2.00 bits per heavy atom. The van der Waals surface area contributed by atoms with E-state index >= 15 is 0 Å². The zero-order valence-electron chi connectivity index (χ0n) is 20.5. The van der Waals surface area contributed by atoms with Gasteiger partial charge in [-0.2, -0.15) is 0 Å². The Labute approximate surface area is 232 Å². The predicted molar refractivity (Wildman–Crippen MR) is 145 cm³/mol. The fourth-order valence-electron chi connectivity index (χ4n) is 4.27. The summed E-state index contributed by atoms with van der Waals surface area (Å²) in [4.78, 5) is 42.0. The molecule has 12 heteroatoms. The van der Waals surface area contributed by atoms with Crippen molar-refractivity contribution in [3.63, 3.8) is 0 Å². The zero-order valence-corrected chi connectivity index (χ0v) is 22.9. The number of ether oxygens (including phenoxy) is 1. The van der Waals surface area contributed by atoms with Crippen molar-refractivity contribution >= 4 is 45.0 Å². The summed E-state index contributed by atoms with van der Waals surface area (Å²) in [6.45, 7) is 3.49. The smallest absolute Gasteiger partial charge is 0.338 e. The highest BCUT2D eigenvalue weighted by Gasteiger charge is 2.33. The molecular weight excluding hydrogens is 593 g/mol. The molecule has 1 unspecified atom stereocenters. The summed E-state index contributed by atoms with van der Waals surface area (Å²) in [7, 11) is 0. The number of hydrogen-bond donors (Lipinski definition) is 0. The number of nitro groups is 1. The highest BCUT2D eigenvalue weighted by molar-refractivity contribution is 9.10. The topological polar surface area (TPSA) is 117 Å². The number of thiazole rings is 1. The first-order chi connectivity index (χ1) is 18.7. The molecule has 39 heavy (non-hydrogen) atoms. The van der Waals surface area contributed by atoms with Crippen molar-refractivity contribution in [2.75, 3.05) is 6.61 Å². The van der Waals surface area contributed by atoms with Crippen molar-refractivity contribution in [3.8, 4) is 11.3 Å². The molecule has 1 aliphatic rings. The summed E-state index contributed by atoms with van der Waals surface area (Å²) >= 11 is 4.47. The molecule has 0 spiro atoms. The number of allylic oxidation sites excluding steroid dienone is 1. The Balaban J connectivity index is 1.60. The van der Waals surface area contributed by atoms with Crippen molar-refractivity contribution in [3.05, 3.63) is 117 Å². The summed E-state index contributed by atoms with van der Waals surface area (Å²) < 4.78 is 27.1. The lowest BCUT2D eigenvalue weighted by atomic mass is 9.96. The van der Waals surface area contributed by atoms with Crippen LogP contribution in [0.15, 0.2) is 84.5 Å². The van der Waals surface area contributed by atoms with Crippen LogP contribution in [-0.4, -0.2) is 22.1 Å². The molecule has 2 aromatic heterocycles. The number of esters is 1. The van der Waals surface area contributed by atoms with E-state index in [1.165, 1.54) is 41.0 Å². The number of nitrogens with zero attached hydrogens (tertiary/aromatic N) is 3. The molecule has 0 saturated heterocycles. The highest BCUT2D eigenvalue weighted by Crippen LogP contribution is 2.33. The molecule has 198 valence electrons. The van der Waals surface area contributed by atoms with Crippen LogP contribution >= 0.6 is 27.3 Å². The molecule has 0 radical (unpaired) electrons.